The normalized spacial score (nSPS) is 32.3. The molecule has 204 valence electrons. The number of carbonyl (C=O) groups is 3. The van der Waals surface area contributed by atoms with Gasteiger partial charge in [0, 0.05) is 37.6 Å². The molecule has 4 aliphatic heterocycles. The van der Waals surface area contributed by atoms with Crippen LogP contribution in [0, 0.1) is 11.8 Å². The van der Waals surface area contributed by atoms with E-state index >= 15 is 0 Å². The van der Waals surface area contributed by atoms with Crippen LogP contribution in [0.3, 0.4) is 0 Å². The van der Waals surface area contributed by atoms with Crippen molar-refractivity contribution in [3.63, 3.8) is 0 Å². The summed E-state index contributed by atoms with van der Waals surface area (Å²) in [7, 11) is 0. The molecule has 9 heteroatoms. The Labute approximate surface area is 223 Å². The number of rotatable bonds is 7. The number of carbonyl (C=O) groups excluding carboxylic acids is 3. The summed E-state index contributed by atoms with van der Waals surface area (Å²) in [4.78, 5) is 46.9. The van der Waals surface area contributed by atoms with Crippen molar-refractivity contribution in [3.05, 3.63) is 48.6 Å². The predicted molar refractivity (Wildman–Crippen MR) is 143 cm³/mol. The van der Waals surface area contributed by atoms with E-state index in [1.165, 1.54) is 4.90 Å². The van der Waals surface area contributed by atoms with Crippen molar-refractivity contribution in [1.29, 1.82) is 0 Å². The van der Waals surface area contributed by atoms with Crippen molar-refractivity contribution in [3.8, 4) is 0 Å². The Hall–Kier alpha value is -3.17. The maximum Gasteiger partial charge on any atom is 0.313 e. The topological polar surface area (TPSA) is 99.6 Å². The lowest BCUT2D eigenvalue weighted by Crippen LogP contribution is -2.56. The summed E-state index contributed by atoms with van der Waals surface area (Å²) in [6.45, 7) is 8.05. The summed E-state index contributed by atoms with van der Waals surface area (Å²) in [6, 6.07) is 6.80. The van der Waals surface area contributed by atoms with Gasteiger partial charge in [0.05, 0.1) is 19.1 Å². The SMILES string of the molecule is CCN(CC)c1ccc(N2CC=C[C@]34O[C@]5(CC)C=CCCOC(=O)[C@@H]5[C@H]3C(=O)N(CCO)C4C2=O)cc1. The van der Waals surface area contributed by atoms with Gasteiger partial charge in [0.2, 0.25) is 5.91 Å². The predicted octanol–water partition coefficient (Wildman–Crippen LogP) is 2.29. The van der Waals surface area contributed by atoms with Gasteiger partial charge in [-0.15, -0.1) is 0 Å². The number of benzene rings is 1. The first-order chi connectivity index (χ1) is 18.4. The molecule has 2 saturated heterocycles. The number of esters is 1. The summed E-state index contributed by atoms with van der Waals surface area (Å²) in [5.41, 5.74) is -0.641. The van der Waals surface area contributed by atoms with Crippen molar-refractivity contribution in [2.45, 2.75) is 50.9 Å². The standard InChI is InChI=1S/C29H37N3O6/c1-4-28-14-7-8-19-37-27(36)23(28)22-25(34)32(17-18-33)24-26(35)31(16-9-15-29(22,24)38-28)21-12-10-20(11-13-21)30(5-2)6-3/h7,9-15,22-24,33H,4-6,8,16-19H2,1-3H3/t22-,23-,24?,28+,29-/m0/s1. The number of anilines is 2. The fraction of sp³-hybridized carbons (Fsp3) is 0.552. The highest BCUT2D eigenvalue weighted by atomic mass is 16.6. The van der Waals surface area contributed by atoms with E-state index in [-0.39, 0.29) is 31.6 Å². The second-order valence-corrected chi connectivity index (χ2v) is 10.3. The Morgan fingerprint density at radius 1 is 1.00 bits per heavy atom. The minimum atomic E-state index is -1.35. The number of hydrogen-bond acceptors (Lipinski definition) is 7. The Balaban J connectivity index is 1.58. The summed E-state index contributed by atoms with van der Waals surface area (Å²) in [6.07, 6.45) is 8.48. The van der Waals surface area contributed by atoms with Gasteiger partial charge in [-0.2, -0.15) is 0 Å². The van der Waals surface area contributed by atoms with E-state index < -0.39 is 35.0 Å². The third kappa shape index (κ3) is 3.86. The number of hydrogen-bond donors (Lipinski definition) is 1. The quantitative estimate of drug-likeness (QED) is 0.432. The molecule has 4 heterocycles. The largest absolute Gasteiger partial charge is 0.465 e. The van der Waals surface area contributed by atoms with E-state index in [0.717, 1.165) is 18.8 Å². The summed E-state index contributed by atoms with van der Waals surface area (Å²) in [5.74, 6) is -2.97. The van der Waals surface area contributed by atoms with Gasteiger partial charge in [-0.3, -0.25) is 14.4 Å². The molecule has 1 N–H and O–H groups in total. The number of aliphatic hydroxyl groups is 1. The average Bonchev–Trinajstić information content (AvgIpc) is 3.25. The highest BCUT2D eigenvalue weighted by Gasteiger charge is 2.75. The molecular weight excluding hydrogens is 486 g/mol. The van der Waals surface area contributed by atoms with E-state index in [1.807, 2.05) is 55.5 Å². The van der Waals surface area contributed by atoms with Crippen molar-refractivity contribution in [2.24, 2.45) is 11.8 Å². The second-order valence-electron chi connectivity index (χ2n) is 10.3. The van der Waals surface area contributed by atoms with Gasteiger partial charge >= 0.3 is 5.97 Å². The number of ether oxygens (including phenoxy) is 2. The maximum atomic E-state index is 14.3. The molecular formula is C29H37N3O6. The summed E-state index contributed by atoms with van der Waals surface area (Å²) >= 11 is 0. The van der Waals surface area contributed by atoms with Crippen molar-refractivity contribution in [1.82, 2.24) is 4.90 Å². The van der Waals surface area contributed by atoms with Crippen molar-refractivity contribution >= 4 is 29.2 Å². The first-order valence-corrected chi connectivity index (χ1v) is 13.7. The molecule has 5 atom stereocenters. The molecule has 4 aliphatic rings. The lowest BCUT2D eigenvalue weighted by atomic mass is 9.73. The molecule has 38 heavy (non-hydrogen) atoms. The Bertz CT molecular complexity index is 1150. The molecule has 0 radical (unpaired) electrons. The maximum absolute atomic E-state index is 14.3. The molecule has 0 aliphatic carbocycles. The third-order valence-corrected chi connectivity index (χ3v) is 8.53. The zero-order valence-corrected chi connectivity index (χ0v) is 22.3. The molecule has 9 nitrogen and oxygen atoms in total. The minimum Gasteiger partial charge on any atom is -0.465 e. The first-order valence-electron chi connectivity index (χ1n) is 13.7. The van der Waals surface area contributed by atoms with E-state index in [1.54, 1.807) is 4.90 Å². The number of fused-ring (bicyclic) bond motifs is 2. The number of β-amino-alcohol motifs (C(OH)–C–C–N with tert-alkyl or cyclic N) is 1. The molecule has 0 aromatic heterocycles. The van der Waals surface area contributed by atoms with Crippen LogP contribution < -0.4 is 9.80 Å². The fourth-order valence-corrected chi connectivity index (χ4v) is 6.74. The molecule has 2 amide bonds. The van der Waals surface area contributed by atoms with Gasteiger partial charge < -0.3 is 29.3 Å². The molecule has 1 aromatic rings. The van der Waals surface area contributed by atoms with Crippen molar-refractivity contribution < 1.29 is 29.0 Å². The smallest absolute Gasteiger partial charge is 0.313 e. The lowest BCUT2D eigenvalue weighted by molar-refractivity contribution is -0.160. The Kier molecular flexibility index (Phi) is 7.09. The molecule has 5 rings (SSSR count). The van der Waals surface area contributed by atoms with Crippen LogP contribution in [-0.4, -0.2) is 84.4 Å². The zero-order chi connectivity index (χ0) is 27.1. The minimum absolute atomic E-state index is 0.0316. The second kappa shape index (κ2) is 10.2. The highest BCUT2D eigenvalue weighted by molar-refractivity contribution is 6.05. The number of amides is 2. The van der Waals surface area contributed by atoms with Gasteiger partial charge in [0.15, 0.2) is 0 Å². The van der Waals surface area contributed by atoms with Crippen molar-refractivity contribution in [2.75, 3.05) is 49.2 Å². The van der Waals surface area contributed by atoms with Crippen LogP contribution in [0.2, 0.25) is 0 Å². The molecule has 2 fully saturated rings. The zero-order valence-electron chi connectivity index (χ0n) is 22.3. The fourth-order valence-electron chi connectivity index (χ4n) is 6.74. The van der Waals surface area contributed by atoms with Gasteiger partial charge in [0.1, 0.15) is 23.2 Å². The monoisotopic (exact) mass is 523 g/mol. The number of likely N-dealkylation sites (tertiary alicyclic amines) is 1. The number of aliphatic hydroxyl groups excluding tert-OH is 1. The number of cyclic esters (lactones) is 1. The van der Waals surface area contributed by atoms with Gasteiger partial charge in [-0.05, 0) is 51.0 Å². The molecule has 0 bridgehead atoms. The Morgan fingerprint density at radius 2 is 1.74 bits per heavy atom. The van der Waals surface area contributed by atoms with Crippen LogP contribution in [0.25, 0.3) is 0 Å². The van der Waals surface area contributed by atoms with Crippen LogP contribution in [0.4, 0.5) is 11.4 Å². The van der Waals surface area contributed by atoms with Gasteiger partial charge in [-0.25, -0.2) is 0 Å². The van der Waals surface area contributed by atoms with Crippen LogP contribution in [0.1, 0.15) is 33.6 Å². The molecule has 1 unspecified atom stereocenters. The average molecular weight is 524 g/mol. The van der Waals surface area contributed by atoms with E-state index in [2.05, 4.69) is 18.7 Å². The van der Waals surface area contributed by atoms with E-state index in [0.29, 0.717) is 25.1 Å². The molecule has 1 spiro atoms. The van der Waals surface area contributed by atoms with Crippen LogP contribution in [0.15, 0.2) is 48.6 Å². The molecule has 0 saturated carbocycles. The summed E-state index contributed by atoms with van der Waals surface area (Å²) < 4.78 is 12.3. The lowest BCUT2D eigenvalue weighted by Gasteiger charge is -2.38. The van der Waals surface area contributed by atoms with Gasteiger partial charge in [0.25, 0.3) is 5.91 Å². The highest BCUT2D eigenvalue weighted by Crippen LogP contribution is 2.58. The van der Waals surface area contributed by atoms with Crippen LogP contribution >= 0.6 is 0 Å². The summed E-state index contributed by atoms with van der Waals surface area (Å²) in [5, 5.41) is 9.84. The Morgan fingerprint density at radius 3 is 2.39 bits per heavy atom. The van der Waals surface area contributed by atoms with Gasteiger partial charge in [-0.1, -0.05) is 31.2 Å². The first kappa shape index (κ1) is 26.4. The van der Waals surface area contributed by atoms with E-state index in [4.69, 9.17) is 9.47 Å². The third-order valence-electron chi connectivity index (χ3n) is 8.53. The van der Waals surface area contributed by atoms with Crippen LogP contribution in [0.5, 0.6) is 0 Å². The van der Waals surface area contributed by atoms with Crippen LogP contribution in [-0.2, 0) is 23.9 Å². The molecule has 1 aromatic carbocycles. The van der Waals surface area contributed by atoms with E-state index in [9.17, 15) is 19.5 Å². The number of nitrogens with zero attached hydrogens (tertiary/aromatic N) is 3.